The van der Waals surface area contributed by atoms with Crippen LogP contribution >= 0.6 is 0 Å². The maximum Gasteiger partial charge on any atom is 0.316 e. The molecule has 0 bridgehead atoms. The lowest BCUT2D eigenvalue weighted by Crippen LogP contribution is -2.25. The van der Waals surface area contributed by atoms with Crippen molar-refractivity contribution in [1.82, 2.24) is 14.9 Å². The van der Waals surface area contributed by atoms with E-state index < -0.39 is 0 Å². The highest BCUT2D eigenvalue weighted by Gasteiger charge is 2.24. The van der Waals surface area contributed by atoms with Gasteiger partial charge in [0.2, 0.25) is 0 Å². The summed E-state index contributed by atoms with van der Waals surface area (Å²) in [6.07, 6.45) is 4.32. The molecule has 0 spiro atoms. The molecule has 1 aromatic carbocycles. The van der Waals surface area contributed by atoms with E-state index in [0.29, 0.717) is 11.8 Å². The highest BCUT2D eigenvalue weighted by molar-refractivity contribution is 5.28. The Labute approximate surface area is 136 Å². The molecular weight excluding hydrogens is 294 g/mol. The maximum atomic E-state index is 5.84. The molecule has 0 saturated carbocycles. The second kappa shape index (κ2) is 7.28. The van der Waals surface area contributed by atoms with Gasteiger partial charge in [0.1, 0.15) is 11.9 Å². The average molecular weight is 315 g/mol. The van der Waals surface area contributed by atoms with Gasteiger partial charge in [0.25, 0.3) is 0 Å². The second-order valence-corrected chi connectivity index (χ2v) is 5.52. The summed E-state index contributed by atoms with van der Waals surface area (Å²) in [6.45, 7) is 2.76. The molecule has 1 unspecified atom stereocenters. The van der Waals surface area contributed by atoms with Gasteiger partial charge in [0, 0.05) is 19.6 Å². The van der Waals surface area contributed by atoms with E-state index in [1.165, 1.54) is 5.56 Å². The van der Waals surface area contributed by atoms with E-state index in [4.69, 9.17) is 14.2 Å². The predicted octanol–water partition coefficient (Wildman–Crippen LogP) is 2.15. The Morgan fingerprint density at radius 2 is 1.91 bits per heavy atom. The van der Waals surface area contributed by atoms with Crippen LogP contribution in [0.3, 0.4) is 0 Å². The summed E-state index contributed by atoms with van der Waals surface area (Å²) in [4.78, 5) is 10.7. The second-order valence-electron chi connectivity index (χ2n) is 5.52. The molecule has 6 heteroatoms. The van der Waals surface area contributed by atoms with E-state index in [0.717, 1.165) is 31.8 Å². The zero-order valence-corrected chi connectivity index (χ0v) is 13.4. The highest BCUT2D eigenvalue weighted by atomic mass is 16.5. The molecule has 0 aliphatic carbocycles. The van der Waals surface area contributed by atoms with Crippen LogP contribution in [0.4, 0.5) is 0 Å². The molecule has 3 rings (SSSR count). The Morgan fingerprint density at radius 1 is 1.13 bits per heavy atom. The topological polar surface area (TPSA) is 56.7 Å². The van der Waals surface area contributed by atoms with Crippen LogP contribution in [0.1, 0.15) is 12.0 Å². The first kappa shape index (κ1) is 15.6. The Morgan fingerprint density at radius 3 is 2.65 bits per heavy atom. The monoisotopic (exact) mass is 315 g/mol. The summed E-state index contributed by atoms with van der Waals surface area (Å²) >= 11 is 0. The first-order valence-corrected chi connectivity index (χ1v) is 7.65. The van der Waals surface area contributed by atoms with E-state index in [9.17, 15) is 0 Å². The van der Waals surface area contributed by atoms with Gasteiger partial charge >= 0.3 is 6.01 Å². The fraction of sp³-hybridized carbons (Fsp3) is 0.412. The van der Waals surface area contributed by atoms with Crippen LogP contribution in [0.5, 0.6) is 17.5 Å². The van der Waals surface area contributed by atoms with E-state index in [2.05, 4.69) is 27.0 Å². The minimum atomic E-state index is 0.119. The van der Waals surface area contributed by atoms with Gasteiger partial charge in [-0.3, -0.25) is 4.90 Å². The fourth-order valence-electron chi connectivity index (χ4n) is 2.69. The maximum absolute atomic E-state index is 5.84. The molecule has 1 fully saturated rings. The molecule has 2 heterocycles. The summed E-state index contributed by atoms with van der Waals surface area (Å²) in [5.41, 5.74) is 1.24. The van der Waals surface area contributed by atoms with Crippen molar-refractivity contribution in [1.29, 1.82) is 0 Å². The van der Waals surface area contributed by atoms with Gasteiger partial charge in [-0.2, -0.15) is 9.97 Å². The van der Waals surface area contributed by atoms with Gasteiger partial charge in [-0.1, -0.05) is 12.1 Å². The first-order chi connectivity index (χ1) is 11.3. The minimum Gasteiger partial charge on any atom is -0.497 e. The van der Waals surface area contributed by atoms with Crippen LogP contribution in [0.2, 0.25) is 0 Å². The fourth-order valence-corrected chi connectivity index (χ4v) is 2.69. The molecule has 0 radical (unpaired) electrons. The van der Waals surface area contributed by atoms with Crippen molar-refractivity contribution >= 4 is 0 Å². The number of likely N-dealkylation sites (tertiary alicyclic amines) is 1. The molecule has 1 aliphatic rings. The molecule has 23 heavy (non-hydrogen) atoms. The van der Waals surface area contributed by atoms with Crippen molar-refractivity contribution < 1.29 is 14.2 Å². The quantitative estimate of drug-likeness (QED) is 0.814. The molecule has 0 N–H and O–H groups in total. The molecule has 1 atom stereocenters. The normalized spacial score (nSPS) is 17.9. The summed E-state index contributed by atoms with van der Waals surface area (Å²) in [5.74, 6) is 1.52. The zero-order chi connectivity index (χ0) is 16.1. The highest BCUT2D eigenvalue weighted by Crippen LogP contribution is 2.20. The van der Waals surface area contributed by atoms with E-state index in [1.807, 2.05) is 12.1 Å². The average Bonchev–Trinajstić information content (AvgIpc) is 3.02. The molecule has 1 saturated heterocycles. The largest absolute Gasteiger partial charge is 0.497 e. The third-order valence-corrected chi connectivity index (χ3v) is 3.88. The molecule has 6 nitrogen and oxygen atoms in total. The van der Waals surface area contributed by atoms with Gasteiger partial charge in [-0.25, -0.2) is 0 Å². The summed E-state index contributed by atoms with van der Waals surface area (Å²) in [6, 6.07) is 8.56. The Bertz CT molecular complexity index is 633. The molecule has 122 valence electrons. The lowest BCUT2D eigenvalue weighted by Gasteiger charge is -2.16. The van der Waals surface area contributed by atoms with Gasteiger partial charge < -0.3 is 14.2 Å². The number of methoxy groups -OCH3 is 2. The molecule has 2 aromatic rings. The van der Waals surface area contributed by atoms with Gasteiger partial charge in [-0.15, -0.1) is 0 Å². The summed E-state index contributed by atoms with van der Waals surface area (Å²) in [5, 5.41) is 0. The van der Waals surface area contributed by atoms with Gasteiger partial charge in [0.15, 0.2) is 5.75 Å². The Hall–Kier alpha value is -2.34. The van der Waals surface area contributed by atoms with Crippen LogP contribution in [0, 0.1) is 0 Å². The number of benzene rings is 1. The van der Waals surface area contributed by atoms with E-state index >= 15 is 0 Å². The van der Waals surface area contributed by atoms with Gasteiger partial charge in [-0.05, 0) is 24.1 Å². The number of aromatic nitrogens is 2. The minimum absolute atomic E-state index is 0.119. The third kappa shape index (κ3) is 4.10. The van der Waals surface area contributed by atoms with Gasteiger partial charge in [0.05, 0.1) is 26.6 Å². The molecule has 0 amide bonds. The van der Waals surface area contributed by atoms with Crippen molar-refractivity contribution in [3.05, 3.63) is 42.2 Å². The van der Waals surface area contributed by atoms with Crippen LogP contribution in [0.15, 0.2) is 36.7 Å². The predicted molar refractivity (Wildman–Crippen MR) is 85.9 cm³/mol. The molecule has 1 aliphatic heterocycles. The SMILES string of the molecule is COc1cnc(OC2CCN(Cc3cccc(OC)c3)C2)nc1. The van der Waals surface area contributed by atoms with Crippen molar-refractivity contribution in [2.45, 2.75) is 19.1 Å². The number of rotatable bonds is 6. The molecular formula is C17H21N3O3. The lowest BCUT2D eigenvalue weighted by molar-refractivity contribution is 0.183. The molecule has 1 aromatic heterocycles. The Kier molecular flexibility index (Phi) is 4.92. The third-order valence-electron chi connectivity index (χ3n) is 3.88. The van der Waals surface area contributed by atoms with Crippen molar-refractivity contribution in [2.75, 3.05) is 27.3 Å². The van der Waals surface area contributed by atoms with Crippen molar-refractivity contribution in [3.8, 4) is 17.5 Å². The standard InChI is InChI=1S/C17H21N3O3/c1-21-14-5-3-4-13(8-14)11-20-7-6-15(12-20)23-17-18-9-16(22-2)10-19-17/h3-5,8-10,15H,6-7,11-12H2,1-2H3. The number of ether oxygens (including phenoxy) is 3. The van der Waals surface area contributed by atoms with Crippen LogP contribution in [0.25, 0.3) is 0 Å². The summed E-state index contributed by atoms with van der Waals surface area (Å²) in [7, 11) is 3.28. The lowest BCUT2D eigenvalue weighted by atomic mass is 10.2. The van der Waals surface area contributed by atoms with Crippen LogP contribution in [-0.2, 0) is 6.54 Å². The number of hydrogen-bond donors (Lipinski definition) is 0. The number of nitrogens with zero attached hydrogens (tertiary/aromatic N) is 3. The summed E-state index contributed by atoms with van der Waals surface area (Å²) < 4.78 is 16.2. The van der Waals surface area contributed by atoms with E-state index in [1.54, 1.807) is 26.6 Å². The van der Waals surface area contributed by atoms with E-state index in [-0.39, 0.29) is 6.10 Å². The smallest absolute Gasteiger partial charge is 0.316 e. The van der Waals surface area contributed by atoms with Crippen LogP contribution in [-0.4, -0.2) is 48.3 Å². The Balaban J connectivity index is 1.53. The van der Waals surface area contributed by atoms with Crippen molar-refractivity contribution in [3.63, 3.8) is 0 Å². The zero-order valence-electron chi connectivity index (χ0n) is 13.4. The number of hydrogen-bond acceptors (Lipinski definition) is 6. The van der Waals surface area contributed by atoms with Crippen molar-refractivity contribution in [2.24, 2.45) is 0 Å². The van der Waals surface area contributed by atoms with Crippen LogP contribution < -0.4 is 14.2 Å². The first-order valence-electron chi connectivity index (χ1n) is 7.65.